The number of likely N-dealkylation sites (tertiary alicyclic amines) is 1. The lowest BCUT2D eigenvalue weighted by atomic mass is 10.0. The highest BCUT2D eigenvalue weighted by molar-refractivity contribution is 5.96. The number of anilines is 2. The van der Waals surface area contributed by atoms with Gasteiger partial charge in [0.1, 0.15) is 0 Å². The molecule has 1 fully saturated rings. The lowest BCUT2D eigenvalue weighted by molar-refractivity contribution is -0.122. The molecule has 2 aromatic carbocycles. The summed E-state index contributed by atoms with van der Waals surface area (Å²) in [5.74, 6) is 0.245. The van der Waals surface area contributed by atoms with Crippen molar-refractivity contribution >= 4 is 23.2 Å². The van der Waals surface area contributed by atoms with Gasteiger partial charge in [-0.3, -0.25) is 19.4 Å². The molecular weight excluding hydrogens is 472 g/mol. The Bertz CT molecular complexity index is 1010. The van der Waals surface area contributed by atoms with Crippen LogP contribution in [0.2, 0.25) is 0 Å². The summed E-state index contributed by atoms with van der Waals surface area (Å²) in [5.41, 5.74) is 6.42. The third kappa shape index (κ3) is 8.67. The van der Waals surface area contributed by atoms with E-state index in [-0.39, 0.29) is 23.9 Å². The van der Waals surface area contributed by atoms with Crippen LogP contribution in [-0.2, 0) is 9.59 Å². The standard InChI is InChI=1S/C17H28N2O.C15H22N2O/c1-6-12-19(8-3)15(7-2)17(20)18-16-13(4)10-9-11-14(16)5;1-11-7-6-8-12(2)14(11)16-15(18)13-9-4-5-10-17(13)3/h9-11,15H,6-8,12H2,1-5H3,(H,18,20);6-8,13H,4-5,9-10H2,1-3H3,(H,16,18). The van der Waals surface area contributed by atoms with Crippen LogP contribution in [0.5, 0.6) is 0 Å². The second-order valence-electron chi connectivity index (χ2n) is 10.6. The van der Waals surface area contributed by atoms with E-state index in [0.29, 0.717) is 0 Å². The van der Waals surface area contributed by atoms with Crippen molar-refractivity contribution in [2.24, 2.45) is 0 Å². The van der Waals surface area contributed by atoms with Crippen LogP contribution in [0.15, 0.2) is 36.4 Å². The van der Waals surface area contributed by atoms with E-state index in [1.165, 1.54) is 6.42 Å². The molecule has 0 aliphatic carbocycles. The fourth-order valence-electron chi connectivity index (χ4n) is 5.27. The van der Waals surface area contributed by atoms with Crippen LogP contribution in [0.3, 0.4) is 0 Å². The first-order chi connectivity index (χ1) is 18.1. The van der Waals surface area contributed by atoms with Gasteiger partial charge in [-0.25, -0.2) is 0 Å². The molecule has 3 rings (SSSR count). The Morgan fingerprint density at radius 1 is 0.895 bits per heavy atom. The van der Waals surface area contributed by atoms with Crippen molar-refractivity contribution in [2.45, 2.75) is 92.7 Å². The number of para-hydroxylation sites is 2. The van der Waals surface area contributed by atoms with Crippen LogP contribution in [0.4, 0.5) is 11.4 Å². The van der Waals surface area contributed by atoms with E-state index in [2.05, 4.69) is 41.2 Å². The molecule has 1 saturated heterocycles. The maximum Gasteiger partial charge on any atom is 0.241 e. The van der Waals surface area contributed by atoms with Gasteiger partial charge in [0.2, 0.25) is 11.8 Å². The second kappa shape index (κ2) is 15.6. The number of benzene rings is 2. The van der Waals surface area contributed by atoms with Crippen LogP contribution in [0, 0.1) is 27.7 Å². The van der Waals surface area contributed by atoms with E-state index in [4.69, 9.17) is 0 Å². The molecule has 0 bridgehead atoms. The Balaban J connectivity index is 0.000000268. The normalized spacial score (nSPS) is 16.4. The summed E-state index contributed by atoms with van der Waals surface area (Å²) in [6.45, 7) is 17.4. The quantitative estimate of drug-likeness (QED) is 0.396. The van der Waals surface area contributed by atoms with Gasteiger partial charge in [-0.05, 0) is 102 Å². The van der Waals surface area contributed by atoms with Gasteiger partial charge in [-0.1, -0.05) is 63.6 Å². The molecule has 1 aliphatic rings. The summed E-state index contributed by atoms with van der Waals surface area (Å²) >= 11 is 0. The minimum atomic E-state index is -0.0426. The molecule has 0 aromatic heterocycles. The first-order valence-corrected chi connectivity index (χ1v) is 14.3. The van der Waals surface area contributed by atoms with Crippen LogP contribution in [0.1, 0.15) is 75.1 Å². The fourth-order valence-corrected chi connectivity index (χ4v) is 5.27. The molecule has 1 heterocycles. The largest absolute Gasteiger partial charge is 0.324 e. The summed E-state index contributed by atoms with van der Waals surface area (Å²) in [6, 6.07) is 12.2. The average Bonchev–Trinajstić information content (AvgIpc) is 2.89. The van der Waals surface area contributed by atoms with Gasteiger partial charge in [-0.2, -0.15) is 0 Å². The molecule has 2 atom stereocenters. The smallest absolute Gasteiger partial charge is 0.241 e. The Labute approximate surface area is 231 Å². The topological polar surface area (TPSA) is 64.7 Å². The Kier molecular flexibility index (Phi) is 13.0. The molecule has 2 aromatic rings. The van der Waals surface area contributed by atoms with Crippen molar-refractivity contribution < 1.29 is 9.59 Å². The lowest BCUT2D eigenvalue weighted by Crippen LogP contribution is -2.44. The van der Waals surface area contributed by atoms with Crippen molar-refractivity contribution in [1.82, 2.24) is 9.80 Å². The van der Waals surface area contributed by atoms with Gasteiger partial charge >= 0.3 is 0 Å². The molecular formula is C32H50N4O2. The second-order valence-corrected chi connectivity index (χ2v) is 10.6. The van der Waals surface area contributed by atoms with Crippen molar-refractivity contribution in [2.75, 3.05) is 37.3 Å². The summed E-state index contributed by atoms with van der Waals surface area (Å²) in [6.07, 6.45) is 5.22. The molecule has 2 unspecified atom stereocenters. The number of hydrogen-bond donors (Lipinski definition) is 2. The number of piperidine rings is 1. The van der Waals surface area contributed by atoms with Crippen molar-refractivity contribution in [3.05, 3.63) is 58.7 Å². The first-order valence-electron chi connectivity index (χ1n) is 14.3. The summed E-state index contributed by atoms with van der Waals surface area (Å²) in [4.78, 5) is 29.3. The van der Waals surface area contributed by atoms with Gasteiger partial charge in [0, 0.05) is 11.4 Å². The fraction of sp³-hybridized carbons (Fsp3) is 0.562. The highest BCUT2D eigenvalue weighted by Gasteiger charge is 2.26. The van der Waals surface area contributed by atoms with Crippen LogP contribution < -0.4 is 10.6 Å². The maximum atomic E-state index is 12.6. The zero-order chi connectivity index (χ0) is 28.2. The zero-order valence-corrected chi connectivity index (χ0v) is 25.0. The number of nitrogens with zero attached hydrogens (tertiary/aromatic N) is 2. The summed E-state index contributed by atoms with van der Waals surface area (Å²) in [5, 5.41) is 6.22. The van der Waals surface area contributed by atoms with Crippen LogP contribution in [-0.4, -0.2) is 60.4 Å². The molecule has 38 heavy (non-hydrogen) atoms. The highest BCUT2D eigenvalue weighted by Crippen LogP contribution is 2.23. The third-order valence-electron chi connectivity index (χ3n) is 7.58. The van der Waals surface area contributed by atoms with Crippen molar-refractivity contribution in [3.63, 3.8) is 0 Å². The molecule has 0 saturated carbocycles. The molecule has 6 heteroatoms. The number of likely N-dealkylation sites (N-methyl/N-ethyl adjacent to an activating group) is 2. The van der Waals surface area contributed by atoms with Crippen molar-refractivity contribution in [3.8, 4) is 0 Å². The van der Waals surface area contributed by atoms with E-state index >= 15 is 0 Å². The van der Waals surface area contributed by atoms with Gasteiger partial charge in [0.15, 0.2) is 0 Å². The Morgan fingerprint density at radius 3 is 1.87 bits per heavy atom. The Hall–Kier alpha value is -2.70. The molecule has 210 valence electrons. The van der Waals surface area contributed by atoms with Gasteiger partial charge in [0.05, 0.1) is 12.1 Å². The first kappa shape index (κ1) is 31.5. The maximum absolute atomic E-state index is 12.6. The summed E-state index contributed by atoms with van der Waals surface area (Å²) in [7, 11) is 2.04. The molecule has 1 aliphatic heterocycles. The highest BCUT2D eigenvalue weighted by atomic mass is 16.2. The monoisotopic (exact) mass is 522 g/mol. The predicted octanol–water partition coefficient (Wildman–Crippen LogP) is 6.48. The number of rotatable bonds is 9. The number of aryl methyl sites for hydroxylation is 4. The van der Waals surface area contributed by atoms with E-state index in [0.717, 1.165) is 78.9 Å². The lowest BCUT2D eigenvalue weighted by Gasteiger charge is -2.31. The molecule has 6 nitrogen and oxygen atoms in total. The number of amides is 2. The molecule has 0 radical (unpaired) electrons. The van der Waals surface area contributed by atoms with Crippen LogP contribution in [0.25, 0.3) is 0 Å². The minimum Gasteiger partial charge on any atom is -0.324 e. The predicted molar refractivity (Wildman–Crippen MR) is 161 cm³/mol. The number of carbonyl (C=O) groups excluding carboxylic acids is 2. The minimum absolute atomic E-state index is 0.0257. The zero-order valence-electron chi connectivity index (χ0n) is 25.0. The molecule has 0 spiro atoms. The number of hydrogen-bond acceptors (Lipinski definition) is 4. The van der Waals surface area contributed by atoms with Crippen LogP contribution >= 0.6 is 0 Å². The molecule has 2 amide bonds. The van der Waals surface area contributed by atoms with E-state index in [1.54, 1.807) is 0 Å². The Morgan fingerprint density at radius 2 is 1.42 bits per heavy atom. The SMILES string of the molecule is CCCN(CC)C(CC)C(=O)Nc1c(C)cccc1C.Cc1cccc(C)c1NC(=O)C1CCCCN1C. The number of nitrogens with one attached hydrogen (secondary N) is 2. The van der Waals surface area contributed by atoms with Gasteiger partial charge in [0.25, 0.3) is 0 Å². The third-order valence-corrected chi connectivity index (χ3v) is 7.58. The van der Waals surface area contributed by atoms with E-state index < -0.39 is 0 Å². The van der Waals surface area contributed by atoms with Gasteiger partial charge < -0.3 is 10.6 Å². The molecule has 2 N–H and O–H groups in total. The number of carbonyl (C=O) groups is 2. The average molecular weight is 523 g/mol. The van der Waals surface area contributed by atoms with Gasteiger partial charge in [-0.15, -0.1) is 0 Å². The van der Waals surface area contributed by atoms with E-state index in [9.17, 15) is 9.59 Å². The van der Waals surface area contributed by atoms with Crippen molar-refractivity contribution in [1.29, 1.82) is 0 Å². The van der Waals surface area contributed by atoms with E-state index in [1.807, 2.05) is 71.1 Å². The summed E-state index contributed by atoms with van der Waals surface area (Å²) < 4.78 is 0.